The molecule has 0 saturated heterocycles. The van der Waals surface area contributed by atoms with Crippen LogP contribution in [0.1, 0.15) is 43.9 Å². The molecule has 18 heavy (non-hydrogen) atoms. The summed E-state index contributed by atoms with van der Waals surface area (Å²) in [5.41, 5.74) is 2.60. The molecule has 1 atom stereocenters. The summed E-state index contributed by atoms with van der Waals surface area (Å²) in [6, 6.07) is 2.54. The number of nitriles is 1. The summed E-state index contributed by atoms with van der Waals surface area (Å²) in [6.07, 6.45) is 4.69. The van der Waals surface area contributed by atoms with Crippen molar-refractivity contribution in [3.05, 3.63) is 17.2 Å². The van der Waals surface area contributed by atoms with Gasteiger partial charge in [-0.3, -0.25) is 5.32 Å². The lowest BCUT2D eigenvalue weighted by Crippen LogP contribution is -2.37. The predicted octanol–water partition coefficient (Wildman–Crippen LogP) is 1.96. The molecule has 0 saturated carbocycles. The van der Waals surface area contributed by atoms with Gasteiger partial charge in [-0.25, -0.2) is 4.98 Å². The lowest BCUT2D eigenvalue weighted by molar-refractivity contribution is 0.462. The van der Waals surface area contributed by atoms with E-state index in [-0.39, 0.29) is 6.04 Å². The molecule has 4 heteroatoms. The Morgan fingerprint density at radius 1 is 1.39 bits per heavy atom. The van der Waals surface area contributed by atoms with Crippen molar-refractivity contribution in [2.75, 3.05) is 0 Å². The van der Waals surface area contributed by atoms with E-state index in [4.69, 9.17) is 0 Å². The number of fused-ring (bicyclic) bond motifs is 1. The lowest BCUT2D eigenvalue weighted by atomic mass is 10.0. The first-order valence-electron chi connectivity index (χ1n) is 6.82. The van der Waals surface area contributed by atoms with E-state index in [1.807, 2.05) is 6.92 Å². The van der Waals surface area contributed by atoms with Gasteiger partial charge in [-0.05, 0) is 46.5 Å². The van der Waals surface area contributed by atoms with Crippen molar-refractivity contribution in [3.8, 4) is 6.07 Å². The molecule has 0 amide bonds. The summed E-state index contributed by atoms with van der Waals surface area (Å²) in [5, 5.41) is 12.5. The first-order chi connectivity index (χ1) is 8.61. The van der Waals surface area contributed by atoms with Crippen molar-refractivity contribution < 1.29 is 0 Å². The zero-order valence-electron chi connectivity index (χ0n) is 11.5. The van der Waals surface area contributed by atoms with Crippen LogP contribution in [0.15, 0.2) is 0 Å². The molecule has 1 N–H and O–H groups in total. The molecule has 1 aliphatic carbocycles. The van der Waals surface area contributed by atoms with Gasteiger partial charge < -0.3 is 4.57 Å². The Balaban J connectivity index is 2.18. The van der Waals surface area contributed by atoms with Gasteiger partial charge >= 0.3 is 0 Å². The lowest BCUT2D eigenvalue weighted by Gasteiger charge is -2.19. The maximum Gasteiger partial charge on any atom is 0.114 e. The van der Waals surface area contributed by atoms with Gasteiger partial charge in [-0.15, -0.1) is 0 Å². The van der Waals surface area contributed by atoms with Crippen LogP contribution in [0.2, 0.25) is 0 Å². The largest absolute Gasteiger partial charge is 0.329 e. The fraction of sp³-hybridized carbons (Fsp3) is 0.714. The third kappa shape index (κ3) is 2.73. The van der Waals surface area contributed by atoms with Gasteiger partial charge in [-0.2, -0.15) is 5.26 Å². The quantitative estimate of drug-likeness (QED) is 0.883. The van der Waals surface area contributed by atoms with Crippen LogP contribution in [0.25, 0.3) is 0 Å². The van der Waals surface area contributed by atoms with Crippen LogP contribution in [0.5, 0.6) is 0 Å². The van der Waals surface area contributed by atoms with E-state index in [1.165, 1.54) is 24.2 Å². The summed E-state index contributed by atoms with van der Waals surface area (Å²) >= 11 is 0. The Morgan fingerprint density at radius 2 is 2.11 bits per heavy atom. The minimum absolute atomic E-state index is 0.135. The first kappa shape index (κ1) is 13.1. The first-order valence-corrected chi connectivity index (χ1v) is 6.82. The minimum atomic E-state index is -0.135. The molecule has 0 fully saturated rings. The molecule has 0 radical (unpaired) electrons. The Morgan fingerprint density at radius 3 is 2.78 bits per heavy atom. The molecule has 2 rings (SSSR count). The van der Waals surface area contributed by atoms with E-state index >= 15 is 0 Å². The maximum absolute atomic E-state index is 9.22. The number of rotatable bonds is 4. The molecule has 0 bridgehead atoms. The van der Waals surface area contributed by atoms with Crippen LogP contribution in [0.4, 0.5) is 0 Å². The summed E-state index contributed by atoms with van der Waals surface area (Å²) in [5.74, 6) is 1.05. The van der Waals surface area contributed by atoms with Crippen molar-refractivity contribution in [1.29, 1.82) is 5.26 Å². The van der Waals surface area contributed by atoms with Gasteiger partial charge in [0.05, 0.1) is 18.3 Å². The van der Waals surface area contributed by atoms with Gasteiger partial charge in [-0.1, -0.05) is 0 Å². The molecule has 0 spiro atoms. The fourth-order valence-corrected chi connectivity index (χ4v) is 2.69. The number of hydrogen-bond acceptors (Lipinski definition) is 3. The second kappa shape index (κ2) is 5.53. The third-order valence-electron chi connectivity index (χ3n) is 3.48. The Kier molecular flexibility index (Phi) is 4.03. The Hall–Kier alpha value is -1.34. The van der Waals surface area contributed by atoms with Crippen LogP contribution >= 0.6 is 0 Å². The number of hydrogen-bond donors (Lipinski definition) is 1. The highest BCUT2D eigenvalue weighted by Crippen LogP contribution is 2.22. The van der Waals surface area contributed by atoms with Gasteiger partial charge in [0, 0.05) is 11.7 Å². The van der Waals surface area contributed by atoms with Gasteiger partial charge in [0.15, 0.2) is 0 Å². The minimum Gasteiger partial charge on any atom is -0.329 e. The van der Waals surface area contributed by atoms with Crippen molar-refractivity contribution in [2.24, 2.45) is 0 Å². The summed E-state index contributed by atoms with van der Waals surface area (Å²) < 4.78 is 2.23. The van der Waals surface area contributed by atoms with Crippen LogP contribution in [0.3, 0.4) is 0 Å². The average Bonchev–Trinajstić information content (AvgIpc) is 2.64. The molecule has 0 aliphatic heterocycles. The van der Waals surface area contributed by atoms with E-state index in [1.54, 1.807) is 0 Å². The van der Waals surface area contributed by atoms with Crippen LogP contribution in [-0.4, -0.2) is 21.6 Å². The average molecular weight is 246 g/mol. The maximum atomic E-state index is 9.22. The van der Waals surface area contributed by atoms with E-state index in [0.29, 0.717) is 12.6 Å². The highest BCUT2D eigenvalue weighted by molar-refractivity contribution is 5.20. The number of imidazole rings is 1. The number of nitrogens with one attached hydrogen (secondary N) is 1. The zero-order valence-corrected chi connectivity index (χ0v) is 11.5. The summed E-state index contributed by atoms with van der Waals surface area (Å²) in [4.78, 5) is 4.64. The number of aromatic nitrogens is 2. The number of nitrogens with zero attached hydrogens (tertiary/aromatic N) is 3. The molecule has 1 aromatic rings. The molecular weight excluding hydrogens is 224 g/mol. The van der Waals surface area contributed by atoms with Crippen molar-refractivity contribution in [1.82, 2.24) is 14.9 Å². The molecule has 1 aromatic heterocycles. The van der Waals surface area contributed by atoms with Gasteiger partial charge in [0.25, 0.3) is 0 Å². The summed E-state index contributed by atoms with van der Waals surface area (Å²) in [6.45, 7) is 6.89. The highest BCUT2D eigenvalue weighted by Gasteiger charge is 2.20. The predicted molar refractivity (Wildman–Crippen MR) is 71.3 cm³/mol. The number of aryl methyl sites for hydroxylation is 2. The molecule has 98 valence electrons. The summed E-state index contributed by atoms with van der Waals surface area (Å²) in [7, 11) is 0. The van der Waals surface area contributed by atoms with Crippen LogP contribution in [-0.2, 0) is 19.4 Å². The standard InChI is InChI=1S/C14H22N4/c1-10(2)16-12(8-15)9-18-11(3)17-13-6-4-5-7-14(13)18/h10,12,16H,4-7,9H2,1-3H3. The monoisotopic (exact) mass is 246 g/mol. The molecular formula is C14H22N4. The normalized spacial score (nSPS) is 16.4. The molecule has 1 heterocycles. The molecule has 1 aliphatic rings. The van der Waals surface area contributed by atoms with Gasteiger partial charge in [0.2, 0.25) is 0 Å². The van der Waals surface area contributed by atoms with E-state index in [2.05, 4.69) is 34.8 Å². The zero-order chi connectivity index (χ0) is 13.1. The van der Waals surface area contributed by atoms with Crippen LogP contribution < -0.4 is 5.32 Å². The second-order valence-corrected chi connectivity index (χ2v) is 5.37. The van der Waals surface area contributed by atoms with E-state index in [0.717, 1.165) is 18.7 Å². The van der Waals surface area contributed by atoms with Crippen molar-refractivity contribution in [3.63, 3.8) is 0 Å². The molecule has 0 aromatic carbocycles. The molecule has 4 nitrogen and oxygen atoms in total. The smallest absolute Gasteiger partial charge is 0.114 e. The van der Waals surface area contributed by atoms with Crippen molar-refractivity contribution >= 4 is 0 Å². The fourth-order valence-electron chi connectivity index (χ4n) is 2.69. The SMILES string of the molecule is Cc1nc2c(n1CC(C#N)NC(C)C)CCCC2. The Bertz CT molecular complexity index is 453. The van der Waals surface area contributed by atoms with E-state index in [9.17, 15) is 5.26 Å². The highest BCUT2D eigenvalue weighted by atomic mass is 15.1. The van der Waals surface area contributed by atoms with Crippen LogP contribution in [0, 0.1) is 18.3 Å². The molecule has 1 unspecified atom stereocenters. The Labute approximate surface area is 109 Å². The van der Waals surface area contributed by atoms with Gasteiger partial charge in [0.1, 0.15) is 11.9 Å². The second-order valence-electron chi connectivity index (χ2n) is 5.37. The topological polar surface area (TPSA) is 53.6 Å². The van der Waals surface area contributed by atoms with Crippen molar-refractivity contribution in [2.45, 2.75) is 65.1 Å². The van der Waals surface area contributed by atoms with E-state index < -0.39 is 0 Å². The third-order valence-corrected chi connectivity index (χ3v) is 3.48.